The van der Waals surface area contributed by atoms with Crippen molar-refractivity contribution in [1.29, 1.82) is 0 Å². The fourth-order valence-corrected chi connectivity index (χ4v) is 2.87. The SMILES string of the molecule is CC1CCC(c2nc(N)cc(-c3ccccc3)n2)C1. The number of hydrogen-bond acceptors (Lipinski definition) is 3. The zero-order chi connectivity index (χ0) is 13.2. The maximum Gasteiger partial charge on any atom is 0.134 e. The normalized spacial score (nSPS) is 22.6. The second-order valence-electron chi connectivity index (χ2n) is 5.52. The fraction of sp³-hybridized carbons (Fsp3) is 0.375. The van der Waals surface area contributed by atoms with Gasteiger partial charge in [0.25, 0.3) is 0 Å². The molecule has 0 amide bonds. The molecule has 0 radical (unpaired) electrons. The van der Waals surface area contributed by atoms with E-state index < -0.39 is 0 Å². The summed E-state index contributed by atoms with van der Waals surface area (Å²) in [6, 6.07) is 12.0. The number of hydrogen-bond donors (Lipinski definition) is 1. The lowest BCUT2D eigenvalue weighted by Crippen LogP contribution is -2.05. The van der Waals surface area contributed by atoms with Crippen molar-refractivity contribution in [3.63, 3.8) is 0 Å². The Labute approximate surface area is 113 Å². The first-order chi connectivity index (χ1) is 9.22. The molecule has 0 saturated heterocycles. The molecule has 2 unspecified atom stereocenters. The first-order valence-electron chi connectivity index (χ1n) is 6.92. The van der Waals surface area contributed by atoms with E-state index in [0.717, 1.165) is 23.0 Å². The molecule has 2 aromatic rings. The Morgan fingerprint density at radius 1 is 1.11 bits per heavy atom. The number of nitrogens with zero attached hydrogens (tertiary/aromatic N) is 2. The molecule has 3 rings (SSSR count). The predicted octanol–water partition coefficient (Wildman–Crippen LogP) is 3.63. The molecule has 1 saturated carbocycles. The van der Waals surface area contributed by atoms with E-state index >= 15 is 0 Å². The quantitative estimate of drug-likeness (QED) is 0.889. The van der Waals surface area contributed by atoms with Crippen molar-refractivity contribution in [3.8, 4) is 11.3 Å². The summed E-state index contributed by atoms with van der Waals surface area (Å²) in [4.78, 5) is 9.17. The lowest BCUT2D eigenvalue weighted by Gasteiger charge is -2.11. The summed E-state index contributed by atoms with van der Waals surface area (Å²) in [7, 11) is 0. The Hall–Kier alpha value is -1.90. The van der Waals surface area contributed by atoms with Crippen LogP contribution in [0.5, 0.6) is 0 Å². The van der Waals surface area contributed by atoms with Crippen LogP contribution in [-0.4, -0.2) is 9.97 Å². The molecule has 1 aromatic carbocycles. The molecule has 1 fully saturated rings. The van der Waals surface area contributed by atoms with Gasteiger partial charge in [0.15, 0.2) is 0 Å². The zero-order valence-corrected chi connectivity index (χ0v) is 11.2. The molecule has 3 heteroatoms. The van der Waals surface area contributed by atoms with Crippen molar-refractivity contribution in [3.05, 3.63) is 42.2 Å². The molecule has 2 N–H and O–H groups in total. The molecular weight excluding hydrogens is 234 g/mol. The Bertz CT molecular complexity index is 565. The van der Waals surface area contributed by atoms with E-state index in [2.05, 4.69) is 24.0 Å². The number of nitrogen functional groups attached to an aromatic ring is 1. The molecular formula is C16H19N3. The number of aromatic nitrogens is 2. The van der Waals surface area contributed by atoms with Crippen molar-refractivity contribution in [2.45, 2.75) is 32.1 Å². The Balaban J connectivity index is 1.97. The molecule has 1 aromatic heterocycles. The summed E-state index contributed by atoms with van der Waals surface area (Å²) in [5.41, 5.74) is 7.98. The molecule has 98 valence electrons. The van der Waals surface area contributed by atoms with Gasteiger partial charge in [-0.15, -0.1) is 0 Å². The second kappa shape index (κ2) is 5.00. The molecule has 2 atom stereocenters. The standard InChI is InChI=1S/C16H19N3/c1-11-7-8-13(9-11)16-18-14(10-15(17)19-16)12-5-3-2-4-6-12/h2-6,10-11,13H,7-9H2,1H3,(H2,17,18,19). The van der Waals surface area contributed by atoms with Crippen LogP contribution in [0, 0.1) is 5.92 Å². The highest BCUT2D eigenvalue weighted by molar-refractivity contribution is 5.61. The van der Waals surface area contributed by atoms with Crippen LogP contribution >= 0.6 is 0 Å². The molecule has 19 heavy (non-hydrogen) atoms. The third kappa shape index (κ3) is 2.60. The minimum absolute atomic E-state index is 0.473. The monoisotopic (exact) mass is 253 g/mol. The Kier molecular flexibility index (Phi) is 3.20. The highest BCUT2D eigenvalue weighted by atomic mass is 15.0. The molecule has 0 spiro atoms. The average Bonchev–Trinajstić information content (AvgIpc) is 2.86. The van der Waals surface area contributed by atoms with Crippen LogP contribution in [0.2, 0.25) is 0 Å². The first-order valence-corrected chi connectivity index (χ1v) is 6.92. The van der Waals surface area contributed by atoms with Gasteiger partial charge in [0.2, 0.25) is 0 Å². The van der Waals surface area contributed by atoms with Gasteiger partial charge in [-0.2, -0.15) is 0 Å². The maximum absolute atomic E-state index is 5.95. The first kappa shape index (κ1) is 12.2. The lowest BCUT2D eigenvalue weighted by atomic mass is 10.0. The van der Waals surface area contributed by atoms with E-state index in [1.54, 1.807) is 0 Å². The fourth-order valence-electron chi connectivity index (χ4n) is 2.87. The third-order valence-electron chi connectivity index (χ3n) is 3.89. The van der Waals surface area contributed by atoms with Crippen LogP contribution in [0.15, 0.2) is 36.4 Å². The second-order valence-corrected chi connectivity index (χ2v) is 5.52. The number of rotatable bonds is 2. The maximum atomic E-state index is 5.95. The van der Waals surface area contributed by atoms with Gasteiger partial charge in [0.05, 0.1) is 5.69 Å². The van der Waals surface area contributed by atoms with Gasteiger partial charge in [0, 0.05) is 17.5 Å². The van der Waals surface area contributed by atoms with Crippen LogP contribution < -0.4 is 5.73 Å². The summed E-state index contributed by atoms with van der Waals surface area (Å²) < 4.78 is 0. The largest absolute Gasteiger partial charge is 0.384 e. The van der Waals surface area contributed by atoms with Crippen molar-refractivity contribution in [1.82, 2.24) is 9.97 Å². The summed E-state index contributed by atoms with van der Waals surface area (Å²) in [5, 5.41) is 0. The number of anilines is 1. The zero-order valence-electron chi connectivity index (χ0n) is 11.2. The van der Waals surface area contributed by atoms with E-state index in [0.29, 0.717) is 11.7 Å². The van der Waals surface area contributed by atoms with Crippen LogP contribution in [0.3, 0.4) is 0 Å². The van der Waals surface area contributed by atoms with Crippen LogP contribution in [0.4, 0.5) is 5.82 Å². The third-order valence-corrected chi connectivity index (χ3v) is 3.89. The van der Waals surface area contributed by atoms with Crippen molar-refractivity contribution < 1.29 is 0 Å². The summed E-state index contributed by atoms with van der Waals surface area (Å²) in [5.74, 6) is 2.74. The summed E-state index contributed by atoms with van der Waals surface area (Å²) >= 11 is 0. The van der Waals surface area contributed by atoms with Crippen molar-refractivity contribution >= 4 is 5.82 Å². The molecule has 1 aliphatic carbocycles. The minimum Gasteiger partial charge on any atom is -0.384 e. The van der Waals surface area contributed by atoms with Gasteiger partial charge in [-0.25, -0.2) is 9.97 Å². The van der Waals surface area contributed by atoms with Gasteiger partial charge in [-0.3, -0.25) is 0 Å². The van der Waals surface area contributed by atoms with Crippen LogP contribution in [-0.2, 0) is 0 Å². The van der Waals surface area contributed by atoms with Crippen molar-refractivity contribution in [2.75, 3.05) is 5.73 Å². The van der Waals surface area contributed by atoms with Gasteiger partial charge < -0.3 is 5.73 Å². The van der Waals surface area contributed by atoms with Crippen LogP contribution in [0.1, 0.15) is 37.9 Å². The molecule has 0 aliphatic heterocycles. The molecule has 1 aliphatic rings. The van der Waals surface area contributed by atoms with Gasteiger partial charge in [-0.05, 0) is 25.2 Å². The highest BCUT2D eigenvalue weighted by Crippen LogP contribution is 2.37. The smallest absolute Gasteiger partial charge is 0.134 e. The van der Waals surface area contributed by atoms with Gasteiger partial charge in [-0.1, -0.05) is 37.3 Å². The van der Waals surface area contributed by atoms with E-state index in [1.807, 2.05) is 24.3 Å². The van der Waals surface area contributed by atoms with E-state index in [4.69, 9.17) is 10.7 Å². The summed E-state index contributed by atoms with van der Waals surface area (Å²) in [6.45, 7) is 2.30. The number of benzene rings is 1. The molecule has 1 heterocycles. The van der Waals surface area contributed by atoms with Crippen LogP contribution in [0.25, 0.3) is 11.3 Å². The van der Waals surface area contributed by atoms with E-state index in [1.165, 1.54) is 19.3 Å². The predicted molar refractivity (Wildman–Crippen MR) is 77.6 cm³/mol. The topological polar surface area (TPSA) is 51.8 Å². The Morgan fingerprint density at radius 3 is 2.58 bits per heavy atom. The van der Waals surface area contributed by atoms with E-state index in [9.17, 15) is 0 Å². The van der Waals surface area contributed by atoms with Crippen molar-refractivity contribution in [2.24, 2.45) is 5.92 Å². The Morgan fingerprint density at radius 2 is 1.89 bits per heavy atom. The van der Waals surface area contributed by atoms with E-state index in [-0.39, 0.29) is 0 Å². The van der Waals surface area contributed by atoms with Gasteiger partial charge in [0.1, 0.15) is 11.6 Å². The minimum atomic E-state index is 0.473. The molecule has 3 nitrogen and oxygen atoms in total. The average molecular weight is 253 g/mol. The molecule has 0 bridgehead atoms. The lowest BCUT2D eigenvalue weighted by molar-refractivity contribution is 0.586. The highest BCUT2D eigenvalue weighted by Gasteiger charge is 2.25. The van der Waals surface area contributed by atoms with Gasteiger partial charge >= 0.3 is 0 Å². The summed E-state index contributed by atoms with van der Waals surface area (Å²) in [6.07, 6.45) is 3.63. The number of nitrogens with two attached hydrogens (primary N) is 1.